The summed E-state index contributed by atoms with van der Waals surface area (Å²) in [6, 6.07) is 10.0. The Morgan fingerprint density at radius 3 is 2.30 bits per heavy atom. The van der Waals surface area contributed by atoms with Crippen LogP contribution in [0.3, 0.4) is 0 Å². The highest BCUT2D eigenvalue weighted by Crippen LogP contribution is 2.35. The van der Waals surface area contributed by atoms with Crippen molar-refractivity contribution in [2.45, 2.75) is 26.4 Å². The highest BCUT2D eigenvalue weighted by atomic mass is 19.1. The van der Waals surface area contributed by atoms with Gasteiger partial charge in [0.15, 0.2) is 0 Å². The Bertz CT molecular complexity index is 633. The normalized spacial score (nSPS) is 13.9. The maximum absolute atomic E-state index is 14.0. The SMILES string of the molecule is COc1cc(C)c(C(C)(O)c2ccccc2F)cc1C. The van der Waals surface area contributed by atoms with E-state index in [2.05, 4.69) is 0 Å². The molecule has 2 rings (SSSR count). The Balaban J connectivity index is 2.61. The molecule has 1 atom stereocenters. The van der Waals surface area contributed by atoms with E-state index >= 15 is 0 Å². The molecule has 2 aromatic rings. The van der Waals surface area contributed by atoms with Crippen molar-refractivity contribution in [2.75, 3.05) is 7.11 Å². The van der Waals surface area contributed by atoms with Crippen LogP contribution < -0.4 is 4.74 Å². The molecule has 20 heavy (non-hydrogen) atoms. The molecular weight excluding hydrogens is 255 g/mol. The summed E-state index contributed by atoms with van der Waals surface area (Å²) in [6.45, 7) is 5.39. The van der Waals surface area contributed by atoms with Gasteiger partial charge in [0.05, 0.1) is 7.11 Å². The molecule has 0 aromatic heterocycles. The molecule has 0 spiro atoms. The van der Waals surface area contributed by atoms with E-state index in [0.717, 1.165) is 16.9 Å². The second-order valence-electron chi connectivity index (χ2n) is 5.19. The summed E-state index contributed by atoms with van der Waals surface area (Å²) < 4.78 is 19.2. The van der Waals surface area contributed by atoms with Crippen LogP contribution in [0.15, 0.2) is 36.4 Å². The second-order valence-corrected chi connectivity index (χ2v) is 5.19. The zero-order valence-electron chi connectivity index (χ0n) is 12.2. The van der Waals surface area contributed by atoms with Crippen LogP contribution in [0.5, 0.6) is 5.75 Å². The summed E-state index contributed by atoms with van der Waals surface area (Å²) in [5.41, 5.74) is 1.34. The third-order valence-corrected chi connectivity index (χ3v) is 3.66. The van der Waals surface area contributed by atoms with Crippen LogP contribution in [0.1, 0.15) is 29.2 Å². The van der Waals surface area contributed by atoms with Crippen LogP contribution in [0, 0.1) is 19.7 Å². The summed E-state index contributed by atoms with van der Waals surface area (Å²) in [5, 5.41) is 10.8. The Morgan fingerprint density at radius 1 is 1.05 bits per heavy atom. The Labute approximate surface area is 118 Å². The first-order valence-electron chi connectivity index (χ1n) is 6.51. The Kier molecular flexibility index (Phi) is 3.82. The minimum atomic E-state index is -1.38. The van der Waals surface area contributed by atoms with E-state index in [1.807, 2.05) is 26.0 Å². The fourth-order valence-electron chi connectivity index (χ4n) is 2.54. The number of halogens is 1. The van der Waals surface area contributed by atoms with E-state index in [4.69, 9.17) is 4.74 Å². The highest BCUT2D eigenvalue weighted by molar-refractivity contribution is 5.47. The van der Waals surface area contributed by atoms with E-state index in [1.54, 1.807) is 32.2 Å². The minimum absolute atomic E-state index is 0.271. The summed E-state index contributed by atoms with van der Waals surface area (Å²) in [7, 11) is 1.61. The number of hydrogen-bond donors (Lipinski definition) is 1. The maximum atomic E-state index is 14.0. The van der Waals surface area contributed by atoms with E-state index in [1.165, 1.54) is 6.07 Å². The standard InChI is InChI=1S/C17H19FO2/c1-11-10-16(20-4)12(2)9-14(11)17(3,19)13-7-5-6-8-15(13)18/h5-10,19H,1-4H3. The van der Waals surface area contributed by atoms with Crippen LogP contribution in [-0.4, -0.2) is 12.2 Å². The van der Waals surface area contributed by atoms with Gasteiger partial charge in [-0.05, 0) is 55.7 Å². The number of rotatable bonds is 3. The van der Waals surface area contributed by atoms with Gasteiger partial charge in [-0.25, -0.2) is 4.39 Å². The lowest BCUT2D eigenvalue weighted by molar-refractivity contribution is 0.0971. The molecular formula is C17H19FO2. The summed E-state index contributed by atoms with van der Waals surface area (Å²) in [4.78, 5) is 0. The Hall–Kier alpha value is -1.87. The fraction of sp³-hybridized carbons (Fsp3) is 0.294. The van der Waals surface area contributed by atoms with Crippen molar-refractivity contribution >= 4 is 0 Å². The lowest BCUT2D eigenvalue weighted by Gasteiger charge is -2.27. The largest absolute Gasteiger partial charge is 0.496 e. The van der Waals surface area contributed by atoms with E-state index in [-0.39, 0.29) is 5.56 Å². The first-order chi connectivity index (χ1) is 9.37. The molecule has 0 radical (unpaired) electrons. The van der Waals surface area contributed by atoms with Crippen molar-refractivity contribution < 1.29 is 14.2 Å². The zero-order chi connectivity index (χ0) is 14.9. The van der Waals surface area contributed by atoms with Gasteiger partial charge in [0.2, 0.25) is 0 Å². The van der Waals surface area contributed by atoms with Gasteiger partial charge < -0.3 is 9.84 Å². The van der Waals surface area contributed by atoms with Gasteiger partial charge in [-0.3, -0.25) is 0 Å². The van der Waals surface area contributed by atoms with Crippen LogP contribution >= 0.6 is 0 Å². The molecule has 1 unspecified atom stereocenters. The molecule has 106 valence electrons. The van der Waals surface area contributed by atoms with Crippen LogP contribution in [0.2, 0.25) is 0 Å². The van der Waals surface area contributed by atoms with Gasteiger partial charge in [-0.15, -0.1) is 0 Å². The van der Waals surface area contributed by atoms with E-state index in [9.17, 15) is 9.50 Å². The smallest absolute Gasteiger partial charge is 0.129 e. The Morgan fingerprint density at radius 2 is 1.70 bits per heavy atom. The topological polar surface area (TPSA) is 29.5 Å². The van der Waals surface area contributed by atoms with Crippen molar-refractivity contribution in [3.63, 3.8) is 0 Å². The molecule has 0 aliphatic rings. The van der Waals surface area contributed by atoms with Crippen molar-refractivity contribution in [2.24, 2.45) is 0 Å². The van der Waals surface area contributed by atoms with Gasteiger partial charge in [0.25, 0.3) is 0 Å². The first kappa shape index (κ1) is 14.5. The molecule has 0 saturated carbocycles. The number of aryl methyl sites for hydroxylation is 2. The third-order valence-electron chi connectivity index (χ3n) is 3.66. The number of methoxy groups -OCH3 is 1. The highest BCUT2D eigenvalue weighted by Gasteiger charge is 2.30. The van der Waals surface area contributed by atoms with Crippen molar-refractivity contribution in [3.05, 3.63) is 64.5 Å². The van der Waals surface area contributed by atoms with Crippen molar-refractivity contribution in [3.8, 4) is 5.75 Å². The third kappa shape index (κ3) is 2.41. The molecule has 3 heteroatoms. The van der Waals surface area contributed by atoms with Crippen molar-refractivity contribution in [1.29, 1.82) is 0 Å². The van der Waals surface area contributed by atoms with Crippen LogP contribution in [0.25, 0.3) is 0 Å². The molecule has 0 aliphatic carbocycles. The summed E-state index contributed by atoms with van der Waals surface area (Å²) >= 11 is 0. The predicted octanol–water partition coefficient (Wildman–Crippen LogP) is 3.71. The van der Waals surface area contributed by atoms with Gasteiger partial charge in [-0.1, -0.05) is 18.2 Å². The molecule has 0 fully saturated rings. The van der Waals surface area contributed by atoms with Gasteiger partial charge >= 0.3 is 0 Å². The molecule has 0 heterocycles. The molecule has 0 bridgehead atoms. The molecule has 0 amide bonds. The zero-order valence-corrected chi connectivity index (χ0v) is 12.2. The molecule has 1 N–H and O–H groups in total. The quantitative estimate of drug-likeness (QED) is 0.924. The average Bonchev–Trinajstić information content (AvgIpc) is 2.41. The fourth-order valence-corrected chi connectivity index (χ4v) is 2.54. The number of aliphatic hydroxyl groups is 1. The van der Waals surface area contributed by atoms with E-state index < -0.39 is 11.4 Å². The van der Waals surface area contributed by atoms with Crippen LogP contribution in [-0.2, 0) is 5.60 Å². The first-order valence-corrected chi connectivity index (χ1v) is 6.51. The lowest BCUT2D eigenvalue weighted by atomic mass is 9.84. The van der Waals surface area contributed by atoms with E-state index in [0.29, 0.717) is 5.56 Å². The van der Waals surface area contributed by atoms with Gasteiger partial charge in [-0.2, -0.15) is 0 Å². The average molecular weight is 274 g/mol. The monoisotopic (exact) mass is 274 g/mol. The second kappa shape index (κ2) is 5.25. The van der Waals surface area contributed by atoms with Gasteiger partial charge in [0, 0.05) is 5.56 Å². The number of ether oxygens (including phenoxy) is 1. The lowest BCUT2D eigenvalue weighted by Crippen LogP contribution is -2.25. The van der Waals surface area contributed by atoms with Crippen LogP contribution in [0.4, 0.5) is 4.39 Å². The molecule has 2 nitrogen and oxygen atoms in total. The van der Waals surface area contributed by atoms with Crippen molar-refractivity contribution in [1.82, 2.24) is 0 Å². The predicted molar refractivity (Wildman–Crippen MR) is 77.5 cm³/mol. The summed E-state index contributed by atoms with van der Waals surface area (Å²) in [6.07, 6.45) is 0. The minimum Gasteiger partial charge on any atom is -0.496 e. The molecule has 2 aromatic carbocycles. The van der Waals surface area contributed by atoms with Gasteiger partial charge in [0.1, 0.15) is 17.2 Å². The molecule has 0 saturated heterocycles. The number of benzene rings is 2. The summed E-state index contributed by atoms with van der Waals surface area (Å²) in [5.74, 6) is 0.348. The number of hydrogen-bond acceptors (Lipinski definition) is 2. The maximum Gasteiger partial charge on any atom is 0.129 e. The molecule has 0 aliphatic heterocycles.